The summed E-state index contributed by atoms with van der Waals surface area (Å²) in [6.45, 7) is 2.56. The average Bonchev–Trinajstić information content (AvgIpc) is 2.05. The van der Waals surface area contributed by atoms with E-state index in [1.165, 1.54) is 4.90 Å². The van der Waals surface area contributed by atoms with Crippen LogP contribution in [-0.2, 0) is 9.53 Å². The Bertz CT molecular complexity index is 191. The van der Waals surface area contributed by atoms with Gasteiger partial charge in [0.05, 0.1) is 6.61 Å². The van der Waals surface area contributed by atoms with E-state index in [1.807, 2.05) is 0 Å². The number of hydrogen-bond acceptors (Lipinski definition) is 3. The zero-order valence-corrected chi connectivity index (χ0v) is 7.21. The fourth-order valence-electron chi connectivity index (χ4n) is 1.20. The molecular formula is C8H13NO3. The number of amides is 2. The van der Waals surface area contributed by atoms with E-state index in [0.29, 0.717) is 19.6 Å². The molecule has 0 aromatic carbocycles. The van der Waals surface area contributed by atoms with Gasteiger partial charge in [0.1, 0.15) is 0 Å². The third-order valence-electron chi connectivity index (χ3n) is 1.81. The number of carbonyl (C=O) groups is 2. The molecule has 0 unspecified atom stereocenters. The van der Waals surface area contributed by atoms with Gasteiger partial charge in [0, 0.05) is 13.0 Å². The van der Waals surface area contributed by atoms with Crippen LogP contribution in [0.3, 0.4) is 0 Å². The lowest BCUT2D eigenvalue weighted by molar-refractivity contribution is -0.131. The van der Waals surface area contributed by atoms with Crippen molar-refractivity contribution in [2.75, 3.05) is 13.2 Å². The van der Waals surface area contributed by atoms with Gasteiger partial charge in [-0.3, -0.25) is 4.79 Å². The highest BCUT2D eigenvalue weighted by Crippen LogP contribution is 2.11. The van der Waals surface area contributed by atoms with Crippen molar-refractivity contribution >= 4 is 12.0 Å². The molecule has 1 rings (SSSR count). The van der Waals surface area contributed by atoms with E-state index in [0.717, 1.165) is 12.8 Å². The van der Waals surface area contributed by atoms with E-state index in [9.17, 15) is 9.59 Å². The van der Waals surface area contributed by atoms with Crippen LogP contribution in [0.4, 0.5) is 4.79 Å². The molecule has 1 aliphatic rings. The minimum absolute atomic E-state index is 0.111. The van der Waals surface area contributed by atoms with Gasteiger partial charge >= 0.3 is 6.09 Å². The molecule has 0 atom stereocenters. The van der Waals surface area contributed by atoms with E-state index >= 15 is 0 Å². The summed E-state index contributed by atoms with van der Waals surface area (Å²) in [5.74, 6) is -0.111. The Hall–Kier alpha value is -1.06. The first-order valence-electron chi connectivity index (χ1n) is 4.23. The normalized spacial score (nSPS) is 17.8. The highest BCUT2D eigenvalue weighted by atomic mass is 16.6. The number of hydrogen-bond donors (Lipinski definition) is 0. The zero-order chi connectivity index (χ0) is 8.97. The Balaban J connectivity index is 2.48. The molecule has 4 nitrogen and oxygen atoms in total. The lowest BCUT2D eigenvalue weighted by atomic mass is 10.1. The standard InChI is InChI=1S/C8H13NO3/c1-2-12-8(11)9-6-4-3-5-7(9)10/h2-6H2,1H3. The SMILES string of the molecule is CCOC(=O)N1CCCCC1=O. The lowest BCUT2D eigenvalue weighted by Gasteiger charge is -2.23. The number of rotatable bonds is 1. The minimum atomic E-state index is -0.498. The summed E-state index contributed by atoms with van der Waals surface area (Å²) in [6.07, 6.45) is 1.75. The van der Waals surface area contributed by atoms with Gasteiger partial charge in [-0.05, 0) is 19.8 Å². The van der Waals surface area contributed by atoms with Crippen LogP contribution >= 0.6 is 0 Å². The van der Waals surface area contributed by atoms with Gasteiger partial charge in [-0.2, -0.15) is 0 Å². The van der Waals surface area contributed by atoms with Crippen molar-refractivity contribution in [2.45, 2.75) is 26.2 Å². The van der Waals surface area contributed by atoms with Crippen molar-refractivity contribution in [3.63, 3.8) is 0 Å². The molecule has 0 aliphatic carbocycles. The highest BCUT2D eigenvalue weighted by molar-refractivity contribution is 5.92. The third kappa shape index (κ3) is 1.96. The first-order valence-corrected chi connectivity index (χ1v) is 4.23. The van der Waals surface area contributed by atoms with Crippen LogP contribution in [0, 0.1) is 0 Å². The van der Waals surface area contributed by atoms with Crippen LogP contribution in [0.15, 0.2) is 0 Å². The summed E-state index contributed by atoms with van der Waals surface area (Å²) in [5, 5.41) is 0. The van der Waals surface area contributed by atoms with Gasteiger partial charge in [0.25, 0.3) is 0 Å². The van der Waals surface area contributed by atoms with Crippen molar-refractivity contribution < 1.29 is 14.3 Å². The van der Waals surface area contributed by atoms with E-state index in [-0.39, 0.29) is 5.91 Å². The quantitative estimate of drug-likeness (QED) is 0.594. The molecule has 1 fully saturated rings. The van der Waals surface area contributed by atoms with Gasteiger partial charge in [-0.15, -0.1) is 0 Å². The second-order valence-electron chi connectivity index (χ2n) is 2.70. The molecule has 68 valence electrons. The summed E-state index contributed by atoms with van der Waals surface area (Å²) in [5.41, 5.74) is 0. The van der Waals surface area contributed by atoms with E-state index in [1.54, 1.807) is 6.92 Å². The van der Waals surface area contributed by atoms with Crippen molar-refractivity contribution in [3.05, 3.63) is 0 Å². The lowest BCUT2D eigenvalue weighted by Crippen LogP contribution is -2.40. The number of likely N-dealkylation sites (tertiary alicyclic amines) is 1. The second-order valence-corrected chi connectivity index (χ2v) is 2.70. The largest absolute Gasteiger partial charge is 0.449 e. The van der Waals surface area contributed by atoms with Gasteiger partial charge in [-0.1, -0.05) is 0 Å². The number of nitrogens with zero attached hydrogens (tertiary/aromatic N) is 1. The molecule has 1 aliphatic heterocycles. The molecule has 0 bridgehead atoms. The van der Waals surface area contributed by atoms with Crippen LogP contribution < -0.4 is 0 Å². The van der Waals surface area contributed by atoms with Crippen molar-refractivity contribution in [1.29, 1.82) is 0 Å². The Morgan fingerprint density at radius 2 is 2.33 bits per heavy atom. The number of carbonyl (C=O) groups excluding carboxylic acids is 2. The third-order valence-corrected chi connectivity index (χ3v) is 1.81. The smallest absolute Gasteiger partial charge is 0.416 e. The molecule has 0 aromatic rings. The summed E-state index contributed by atoms with van der Waals surface area (Å²) >= 11 is 0. The summed E-state index contributed by atoms with van der Waals surface area (Å²) in [6, 6.07) is 0. The number of ether oxygens (including phenoxy) is 1. The van der Waals surface area contributed by atoms with Crippen molar-refractivity contribution in [1.82, 2.24) is 4.90 Å². The van der Waals surface area contributed by atoms with E-state index < -0.39 is 6.09 Å². The van der Waals surface area contributed by atoms with Gasteiger partial charge in [0.2, 0.25) is 5.91 Å². The topological polar surface area (TPSA) is 46.6 Å². The Kier molecular flexibility index (Phi) is 3.08. The maximum Gasteiger partial charge on any atom is 0.416 e. The predicted molar refractivity (Wildman–Crippen MR) is 42.6 cm³/mol. The Morgan fingerprint density at radius 1 is 1.58 bits per heavy atom. The monoisotopic (exact) mass is 171 g/mol. The predicted octanol–water partition coefficient (Wildman–Crippen LogP) is 1.16. The molecule has 0 saturated carbocycles. The second kappa shape index (κ2) is 4.09. The van der Waals surface area contributed by atoms with Gasteiger partial charge in [0.15, 0.2) is 0 Å². The molecule has 12 heavy (non-hydrogen) atoms. The maximum atomic E-state index is 11.1. The molecule has 0 spiro atoms. The fourth-order valence-corrected chi connectivity index (χ4v) is 1.20. The summed E-state index contributed by atoms with van der Waals surface area (Å²) < 4.78 is 4.72. The fraction of sp³-hybridized carbons (Fsp3) is 0.750. The molecule has 2 amide bonds. The maximum absolute atomic E-state index is 11.1. The van der Waals surface area contributed by atoms with Crippen LogP contribution in [0.25, 0.3) is 0 Å². The zero-order valence-electron chi connectivity index (χ0n) is 7.21. The first kappa shape index (κ1) is 9.03. The van der Waals surface area contributed by atoms with E-state index in [2.05, 4.69) is 0 Å². The Morgan fingerprint density at radius 3 is 2.92 bits per heavy atom. The molecular weight excluding hydrogens is 158 g/mol. The molecule has 0 radical (unpaired) electrons. The highest BCUT2D eigenvalue weighted by Gasteiger charge is 2.24. The van der Waals surface area contributed by atoms with Crippen LogP contribution in [0.2, 0.25) is 0 Å². The molecule has 1 heterocycles. The molecule has 0 N–H and O–H groups in total. The summed E-state index contributed by atoms with van der Waals surface area (Å²) in [4.78, 5) is 23.4. The Labute approximate surface area is 71.5 Å². The van der Waals surface area contributed by atoms with E-state index in [4.69, 9.17) is 4.74 Å². The number of piperidine rings is 1. The first-order chi connectivity index (χ1) is 5.75. The van der Waals surface area contributed by atoms with Crippen molar-refractivity contribution in [3.8, 4) is 0 Å². The summed E-state index contributed by atoms with van der Waals surface area (Å²) in [7, 11) is 0. The number of imide groups is 1. The molecule has 4 heteroatoms. The molecule has 1 saturated heterocycles. The van der Waals surface area contributed by atoms with Crippen LogP contribution in [0.5, 0.6) is 0 Å². The van der Waals surface area contributed by atoms with Crippen LogP contribution in [0.1, 0.15) is 26.2 Å². The van der Waals surface area contributed by atoms with Gasteiger partial charge < -0.3 is 4.74 Å². The van der Waals surface area contributed by atoms with Crippen LogP contribution in [-0.4, -0.2) is 30.1 Å². The average molecular weight is 171 g/mol. The van der Waals surface area contributed by atoms with Crippen molar-refractivity contribution in [2.24, 2.45) is 0 Å². The van der Waals surface area contributed by atoms with Gasteiger partial charge in [-0.25, -0.2) is 9.69 Å². The molecule has 0 aromatic heterocycles. The minimum Gasteiger partial charge on any atom is -0.449 e.